The van der Waals surface area contributed by atoms with Gasteiger partial charge in [-0.15, -0.1) is 21.9 Å². The van der Waals surface area contributed by atoms with Crippen LogP contribution >= 0.6 is 0 Å². The van der Waals surface area contributed by atoms with E-state index in [0.717, 1.165) is 60.2 Å². The van der Waals surface area contributed by atoms with Crippen molar-refractivity contribution in [3.05, 3.63) is 121 Å². The Bertz CT molecular complexity index is 3220. The van der Waals surface area contributed by atoms with Gasteiger partial charge in [-0.3, -0.25) is 0 Å². The summed E-state index contributed by atoms with van der Waals surface area (Å²) in [6, 6.07) is 40.9. The zero-order chi connectivity index (χ0) is 37.9. The topological polar surface area (TPSA) is 13.1 Å². The Morgan fingerprint density at radius 2 is 0.836 bits per heavy atom. The summed E-state index contributed by atoms with van der Waals surface area (Å²) in [5.74, 6) is 0. The van der Waals surface area contributed by atoms with Crippen LogP contribution in [0.15, 0.2) is 126 Å². The van der Waals surface area contributed by atoms with Gasteiger partial charge >= 0.3 is 0 Å². The maximum Gasteiger partial charge on any atom is 0.136 e. The number of fused-ring (bicyclic) bond motifs is 7. The average molecular weight is 675 g/mol. The molecule has 0 atom stereocenters. The third-order valence-electron chi connectivity index (χ3n) is 11.2. The zero-order valence-corrected chi connectivity index (χ0v) is 29.6. The lowest BCUT2D eigenvalue weighted by atomic mass is 9.59. The van der Waals surface area contributed by atoms with Crippen LogP contribution in [0.2, 0.25) is 0 Å². The maximum atomic E-state index is 7.13. The molecule has 0 bridgehead atoms. The SMILES string of the molecule is [B]c1c([B])c([B])c2c(-c3cccc4oc5cc6ccccc6cc5c34)c3c([B])c([B])c([B])c([B])c3c(-c3cc(-c4ccccc4)c4ccccc4c3)c2c1[B]. The summed E-state index contributed by atoms with van der Waals surface area (Å²) in [7, 11) is 55.4. The van der Waals surface area contributed by atoms with Crippen LogP contribution < -0.4 is 43.7 Å². The summed E-state index contributed by atoms with van der Waals surface area (Å²) >= 11 is 0. The van der Waals surface area contributed by atoms with E-state index in [1.807, 2.05) is 66.7 Å². The van der Waals surface area contributed by atoms with Gasteiger partial charge in [-0.1, -0.05) is 113 Å². The third kappa shape index (κ3) is 4.85. The van der Waals surface area contributed by atoms with Crippen molar-refractivity contribution in [3.8, 4) is 33.4 Å². The number of rotatable bonds is 3. The summed E-state index contributed by atoms with van der Waals surface area (Å²) in [5, 5.41) is 8.17. The second kappa shape index (κ2) is 12.4. The first-order valence-corrected chi connectivity index (χ1v) is 17.8. The van der Waals surface area contributed by atoms with Gasteiger partial charge in [0.2, 0.25) is 0 Å². The molecule has 9 aromatic carbocycles. The van der Waals surface area contributed by atoms with E-state index in [9.17, 15) is 0 Å². The van der Waals surface area contributed by atoms with Crippen LogP contribution in [0.3, 0.4) is 0 Å². The van der Waals surface area contributed by atoms with Crippen LogP contribution in [0.1, 0.15) is 0 Å². The van der Waals surface area contributed by atoms with Crippen molar-refractivity contribution in [2.75, 3.05) is 0 Å². The van der Waals surface area contributed by atoms with Gasteiger partial charge in [-0.25, -0.2) is 0 Å². The van der Waals surface area contributed by atoms with E-state index < -0.39 is 0 Å². The average Bonchev–Trinajstić information content (AvgIpc) is 3.59. The van der Waals surface area contributed by atoms with Crippen LogP contribution in [-0.2, 0) is 0 Å². The number of hydrogen-bond donors (Lipinski definition) is 0. The van der Waals surface area contributed by atoms with E-state index >= 15 is 0 Å². The highest BCUT2D eigenvalue weighted by Crippen LogP contribution is 2.46. The molecule has 1 nitrogen and oxygen atoms in total. The van der Waals surface area contributed by atoms with Crippen LogP contribution in [0.4, 0.5) is 0 Å². The van der Waals surface area contributed by atoms with Gasteiger partial charge < -0.3 is 4.42 Å². The maximum absolute atomic E-state index is 7.13. The smallest absolute Gasteiger partial charge is 0.136 e. The normalized spacial score (nSPS) is 11.9. The Morgan fingerprint density at radius 3 is 1.45 bits per heavy atom. The molecule has 16 radical (unpaired) electrons. The predicted octanol–water partition coefficient (Wildman–Crippen LogP) is 3.55. The highest BCUT2D eigenvalue weighted by Gasteiger charge is 2.27. The molecule has 1 aromatic heterocycles. The van der Waals surface area contributed by atoms with Crippen molar-refractivity contribution in [2.24, 2.45) is 0 Å². The van der Waals surface area contributed by atoms with Crippen molar-refractivity contribution >= 4 is 172 Å². The van der Waals surface area contributed by atoms with E-state index in [1.54, 1.807) is 0 Å². The Kier molecular flexibility index (Phi) is 7.66. The molecule has 0 saturated heterocycles. The minimum absolute atomic E-state index is 0.158. The van der Waals surface area contributed by atoms with E-state index in [-0.39, 0.29) is 43.7 Å². The molecule has 1 heterocycles. The molecule has 0 spiro atoms. The molecule has 0 saturated carbocycles. The Hall–Kier alpha value is -5.66. The molecule has 0 amide bonds. The zero-order valence-electron chi connectivity index (χ0n) is 29.6. The molecule has 10 aromatic rings. The van der Waals surface area contributed by atoms with Crippen molar-refractivity contribution in [1.29, 1.82) is 0 Å². The molecule has 55 heavy (non-hydrogen) atoms. The van der Waals surface area contributed by atoms with Crippen molar-refractivity contribution in [2.45, 2.75) is 0 Å². The van der Waals surface area contributed by atoms with Gasteiger partial charge in [0.1, 0.15) is 73.9 Å². The summed E-state index contributed by atoms with van der Waals surface area (Å²) < 4.78 is 6.53. The molecule has 0 unspecified atom stereocenters. The fourth-order valence-corrected chi connectivity index (χ4v) is 8.54. The molecule has 0 fully saturated rings. The second-order valence-corrected chi connectivity index (χ2v) is 14.1. The molecule has 0 N–H and O–H groups in total. The summed E-state index contributed by atoms with van der Waals surface area (Å²) in [4.78, 5) is 0. The van der Waals surface area contributed by atoms with Crippen molar-refractivity contribution in [3.63, 3.8) is 0 Å². The standard InChI is InChI=1S/C46H20B8O/c47-39-35-32(25-17-24-13-6-7-14-26(24)28(19-25)21-9-2-1-3-10-21)36-38(42(50)46(54)44(52)40(36)48)34(37(35)41(49)45(53)43(39)51)27-15-8-16-30-33(27)29-18-22-11-4-5-12-23(22)20-31(29)55-30/h1-20H. The first-order valence-electron chi connectivity index (χ1n) is 17.8. The number of benzene rings is 9. The third-order valence-corrected chi connectivity index (χ3v) is 11.2. The number of furan rings is 1. The largest absolute Gasteiger partial charge is 0.456 e. The minimum Gasteiger partial charge on any atom is -0.456 e. The van der Waals surface area contributed by atoms with Gasteiger partial charge in [0.15, 0.2) is 0 Å². The molecular weight excluding hydrogens is 655 g/mol. The van der Waals surface area contributed by atoms with Crippen molar-refractivity contribution < 1.29 is 4.42 Å². The first-order chi connectivity index (χ1) is 26.6. The van der Waals surface area contributed by atoms with E-state index in [4.69, 9.17) is 67.2 Å². The first kappa shape index (κ1) is 33.9. The molecule has 0 aliphatic carbocycles. The van der Waals surface area contributed by atoms with Crippen LogP contribution in [0, 0.1) is 0 Å². The van der Waals surface area contributed by atoms with Crippen LogP contribution in [-0.4, -0.2) is 62.8 Å². The van der Waals surface area contributed by atoms with E-state index in [2.05, 4.69) is 54.6 Å². The van der Waals surface area contributed by atoms with Gasteiger partial charge in [0, 0.05) is 10.8 Å². The summed E-state index contributed by atoms with van der Waals surface area (Å²) in [6.45, 7) is 0. The van der Waals surface area contributed by atoms with Crippen LogP contribution in [0.25, 0.3) is 98.4 Å². The molecule has 9 heteroatoms. The van der Waals surface area contributed by atoms with Gasteiger partial charge in [-0.05, 0) is 107 Å². The quantitative estimate of drug-likeness (QED) is 0.207. The van der Waals surface area contributed by atoms with Gasteiger partial charge in [0.25, 0.3) is 0 Å². The lowest BCUT2D eigenvalue weighted by molar-refractivity contribution is 0.669. The Labute approximate surface area is 329 Å². The molecule has 10 rings (SSSR count). The van der Waals surface area contributed by atoms with Gasteiger partial charge in [0.05, 0.1) is 0 Å². The number of hydrogen-bond acceptors (Lipinski definition) is 1. The molecule has 234 valence electrons. The molecular formula is C46H20B8O. The predicted molar refractivity (Wildman–Crippen MR) is 243 cm³/mol. The van der Waals surface area contributed by atoms with Gasteiger partial charge in [-0.2, -0.15) is 0 Å². The fourth-order valence-electron chi connectivity index (χ4n) is 8.54. The summed E-state index contributed by atoms with van der Waals surface area (Å²) in [5.41, 5.74) is 7.89. The van der Waals surface area contributed by atoms with Crippen LogP contribution in [0.5, 0.6) is 0 Å². The van der Waals surface area contributed by atoms with E-state index in [1.165, 1.54) is 0 Å². The highest BCUT2D eigenvalue weighted by atomic mass is 16.3. The van der Waals surface area contributed by atoms with Crippen molar-refractivity contribution in [1.82, 2.24) is 0 Å². The Balaban J connectivity index is 1.47. The highest BCUT2D eigenvalue weighted by molar-refractivity contribution is 6.71. The summed E-state index contributed by atoms with van der Waals surface area (Å²) in [6.07, 6.45) is 0. The fraction of sp³-hybridized carbons (Fsp3) is 0. The monoisotopic (exact) mass is 676 g/mol. The minimum atomic E-state index is 0.158. The molecule has 0 aliphatic rings. The Morgan fingerprint density at radius 1 is 0.309 bits per heavy atom. The second-order valence-electron chi connectivity index (χ2n) is 14.1. The van der Waals surface area contributed by atoms with E-state index in [0.29, 0.717) is 38.3 Å². The lowest BCUT2D eigenvalue weighted by Crippen LogP contribution is -2.50. The lowest BCUT2D eigenvalue weighted by Gasteiger charge is -2.29. The molecule has 0 aliphatic heterocycles.